The zero-order valence-corrected chi connectivity index (χ0v) is 15.7. The molecule has 1 amide bonds. The van der Waals surface area contributed by atoms with Crippen molar-refractivity contribution in [2.24, 2.45) is 0 Å². The van der Waals surface area contributed by atoms with Gasteiger partial charge >= 0.3 is 0 Å². The maximum Gasteiger partial charge on any atom is 0.228 e. The lowest BCUT2D eigenvalue weighted by Crippen LogP contribution is -2.18. The van der Waals surface area contributed by atoms with Crippen molar-refractivity contribution >= 4 is 23.4 Å². The summed E-state index contributed by atoms with van der Waals surface area (Å²) in [5.41, 5.74) is 2.53. The molecule has 0 fully saturated rings. The number of aromatic nitrogens is 2. The highest BCUT2D eigenvalue weighted by Gasteiger charge is 2.17. The second-order valence-corrected chi connectivity index (χ2v) is 6.90. The predicted octanol–water partition coefficient (Wildman–Crippen LogP) is 3.55. The van der Waals surface area contributed by atoms with Crippen LogP contribution >= 0.6 is 11.8 Å². The van der Waals surface area contributed by atoms with Crippen molar-refractivity contribution in [1.82, 2.24) is 9.78 Å². The van der Waals surface area contributed by atoms with Crippen LogP contribution in [0.2, 0.25) is 0 Å². The SMILES string of the molecule is CSc1cc2c(cc1NC(=O)Cc1cnn(-c3ccccc3)c1)OCCO2. The molecule has 27 heavy (non-hydrogen) atoms. The van der Waals surface area contributed by atoms with E-state index in [0.717, 1.165) is 21.8 Å². The molecular weight excluding hydrogens is 362 g/mol. The largest absolute Gasteiger partial charge is 0.486 e. The molecule has 0 saturated heterocycles. The van der Waals surface area contributed by atoms with Gasteiger partial charge in [-0.1, -0.05) is 18.2 Å². The van der Waals surface area contributed by atoms with Crippen LogP contribution in [-0.2, 0) is 11.2 Å². The molecule has 2 aromatic carbocycles. The van der Waals surface area contributed by atoms with Crippen molar-refractivity contribution in [2.45, 2.75) is 11.3 Å². The van der Waals surface area contributed by atoms with Crippen LogP contribution in [-0.4, -0.2) is 35.2 Å². The summed E-state index contributed by atoms with van der Waals surface area (Å²) in [6, 6.07) is 13.5. The minimum absolute atomic E-state index is 0.102. The van der Waals surface area contributed by atoms with Crippen molar-refractivity contribution in [3.8, 4) is 17.2 Å². The summed E-state index contributed by atoms with van der Waals surface area (Å²) in [6.45, 7) is 1.05. The number of carbonyl (C=O) groups is 1. The van der Waals surface area contributed by atoms with Gasteiger partial charge in [0.1, 0.15) is 13.2 Å². The van der Waals surface area contributed by atoms with Gasteiger partial charge in [-0.2, -0.15) is 5.10 Å². The lowest BCUT2D eigenvalue weighted by Gasteiger charge is -2.20. The molecule has 138 valence electrons. The molecule has 1 aliphatic heterocycles. The van der Waals surface area contributed by atoms with E-state index in [2.05, 4.69) is 10.4 Å². The van der Waals surface area contributed by atoms with Crippen LogP contribution in [0.1, 0.15) is 5.56 Å². The maximum atomic E-state index is 12.5. The van der Waals surface area contributed by atoms with E-state index < -0.39 is 0 Å². The molecule has 0 atom stereocenters. The van der Waals surface area contributed by atoms with Gasteiger partial charge in [0.25, 0.3) is 0 Å². The highest BCUT2D eigenvalue weighted by atomic mass is 32.2. The van der Waals surface area contributed by atoms with Crippen molar-refractivity contribution in [2.75, 3.05) is 24.8 Å². The van der Waals surface area contributed by atoms with Gasteiger partial charge in [0, 0.05) is 17.2 Å². The minimum atomic E-state index is -0.102. The summed E-state index contributed by atoms with van der Waals surface area (Å²) in [7, 11) is 0. The van der Waals surface area contributed by atoms with Crippen LogP contribution in [0.4, 0.5) is 5.69 Å². The van der Waals surface area contributed by atoms with Gasteiger partial charge in [0.05, 0.1) is 24.0 Å². The van der Waals surface area contributed by atoms with E-state index in [1.807, 2.05) is 54.9 Å². The molecule has 0 saturated carbocycles. The first-order chi connectivity index (χ1) is 13.2. The molecule has 0 aliphatic carbocycles. The molecule has 1 aromatic heterocycles. The molecule has 0 unspecified atom stereocenters. The topological polar surface area (TPSA) is 65.4 Å². The number of nitrogens with zero attached hydrogens (tertiary/aromatic N) is 2. The van der Waals surface area contributed by atoms with Crippen LogP contribution in [0.5, 0.6) is 11.5 Å². The lowest BCUT2D eigenvalue weighted by atomic mass is 10.2. The van der Waals surface area contributed by atoms with Crippen LogP contribution in [0.25, 0.3) is 5.69 Å². The Morgan fingerprint density at radius 2 is 1.93 bits per heavy atom. The molecule has 2 heterocycles. The number of fused-ring (bicyclic) bond motifs is 1. The Morgan fingerprint density at radius 1 is 1.19 bits per heavy atom. The number of thioether (sulfide) groups is 1. The second kappa shape index (κ2) is 7.75. The molecule has 0 bridgehead atoms. The highest BCUT2D eigenvalue weighted by molar-refractivity contribution is 7.98. The summed E-state index contributed by atoms with van der Waals surface area (Å²) in [5.74, 6) is 1.27. The Bertz CT molecular complexity index is 956. The number of rotatable bonds is 5. The molecule has 6 nitrogen and oxygen atoms in total. The number of hydrogen-bond donors (Lipinski definition) is 1. The van der Waals surface area contributed by atoms with E-state index >= 15 is 0 Å². The maximum absolute atomic E-state index is 12.5. The number of benzene rings is 2. The molecule has 1 N–H and O–H groups in total. The fourth-order valence-electron chi connectivity index (χ4n) is 2.89. The lowest BCUT2D eigenvalue weighted by molar-refractivity contribution is -0.115. The first-order valence-corrected chi connectivity index (χ1v) is 9.82. The molecule has 1 aliphatic rings. The molecule has 4 rings (SSSR count). The number of anilines is 1. The summed E-state index contributed by atoms with van der Waals surface area (Å²) in [6.07, 6.45) is 5.79. The summed E-state index contributed by atoms with van der Waals surface area (Å²) >= 11 is 1.55. The number of nitrogens with one attached hydrogen (secondary N) is 1. The number of carbonyl (C=O) groups excluding carboxylic acids is 1. The predicted molar refractivity (Wildman–Crippen MR) is 105 cm³/mol. The Morgan fingerprint density at radius 3 is 2.67 bits per heavy atom. The molecule has 0 radical (unpaired) electrons. The minimum Gasteiger partial charge on any atom is -0.486 e. The number of amides is 1. The quantitative estimate of drug-likeness (QED) is 0.685. The summed E-state index contributed by atoms with van der Waals surface area (Å²) in [5, 5.41) is 7.31. The van der Waals surface area contributed by atoms with Crippen molar-refractivity contribution < 1.29 is 14.3 Å². The molecule has 7 heteroatoms. The molecule has 0 spiro atoms. The third kappa shape index (κ3) is 3.93. The average molecular weight is 381 g/mol. The number of hydrogen-bond acceptors (Lipinski definition) is 5. The van der Waals surface area contributed by atoms with Gasteiger partial charge in [0.2, 0.25) is 5.91 Å². The zero-order chi connectivity index (χ0) is 18.6. The average Bonchev–Trinajstić information content (AvgIpc) is 3.16. The number of para-hydroxylation sites is 1. The van der Waals surface area contributed by atoms with Crippen molar-refractivity contribution in [1.29, 1.82) is 0 Å². The fourth-order valence-corrected chi connectivity index (χ4v) is 3.44. The van der Waals surface area contributed by atoms with Gasteiger partial charge in [-0.3, -0.25) is 4.79 Å². The van der Waals surface area contributed by atoms with E-state index in [9.17, 15) is 4.79 Å². The number of ether oxygens (including phenoxy) is 2. The normalized spacial score (nSPS) is 12.6. The second-order valence-electron chi connectivity index (χ2n) is 6.05. The first-order valence-electron chi connectivity index (χ1n) is 8.59. The standard InChI is InChI=1S/C20H19N3O3S/c1-27-19-11-18-17(25-7-8-26-18)10-16(19)22-20(24)9-14-12-21-23(13-14)15-5-3-2-4-6-15/h2-6,10-13H,7-9H2,1H3,(H,22,24). The zero-order valence-electron chi connectivity index (χ0n) is 14.8. The van der Waals surface area contributed by atoms with Gasteiger partial charge in [0.15, 0.2) is 11.5 Å². The Labute approximate surface area is 161 Å². The van der Waals surface area contributed by atoms with E-state index in [1.54, 1.807) is 22.6 Å². The third-order valence-electron chi connectivity index (χ3n) is 4.16. The fraction of sp³-hybridized carbons (Fsp3) is 0.200. The van der Waals surface area contributed by atoms with Crippen LogP contribution in [0.15, 0.2) is 59.8 Å². The van der Waals surface area contributed by atoms with Gasteiger partial charge in [-0.05, 0) is 30.0 Å². The van der Waals surface area contributed by atoms with Crippen LogP contribution in [0.3, 0.4) is 0 Å². The van der Waals surface area contributed by atoms with Gasteiger partial charge in [-0.25, -0.2) is 4.68 Å². The van der Waals surface area contributed by atoms with E-state index in [1.165, 1.54) is 0 Å². The Hall–Kier alpha value is -2.93. The van der Waals surface area contributed by atoms with Crippen molar-refractivity contribution in [3.63, 3.8) is 0 Å². The summed E-state index contributed by atoms with van der Waals surface area (Å²) < 4.78 is 13.0. The Kier molecular flexibility index (Phi) is 5.02. The third-order valence-corrected chi connectivity index (χ3v) is 4.94. The van der Waals surface area contributed by atoms with Gasteiger partial charge < -0.3 is 14.8 Å². The van der Waals surface area contributed by atoms with E-state index in [-0.39, 0.29) is 12.3 Å². The van der Waals surface area contributed by atoms with E-state index in [4.69, 9.17) is 9.47 Å². The highest BCUT2D eigenvalue weighted by Crippen LogP contribution is 2.39. The van der Waals surface area contributed by atoms with Crippen molar-refractivity contribution in [3.05, 3.63) is 60.4 Å². The molecular formula is C20H19N3O3S. The first kappa shape index (κ1) is 17.5. The molecule has 3 aromatic rings. The smallest absolute Gasteiger partial charge is 0.228 e. The summed E-state index contributed by atoms with van der Waals surface area (Å²) in [4.78, 5) is 13.5. The monoisotopic (exact) mass is 381 g/mol. The van der Waals surface area contributed by atoms with Crippen LogP contribution < -0.4 is 14.8 Å². The van der Waals surface area contributed by atoms with Gasteiger partial charge in [-0.15, -0.1) is 11.8 Å². The van der Waals surface area contributed by atoms with Crippen LogP contribution in [0, 0.1) is 0 Å². The van der Waals surface area contributed by atoms with E-state index in [0.29, 0.717) is 24.7 Å². The Balaban J connectivity index is 1.48.